The van der Waals surface area contributed by atoms with Crippen molar-refractivity contribution in [3.05, 3.63) is 44.7 Å². The maximum absolute atomic E-state index is 13.3. The smallest absolute Gasteiger partial charge is 0.305 e. The first-order chi connectivity index (χ1) is 14.3. The molecule has 158 valence electrons. The fourth-order valence-corrected chi connectivity index (χ4v) is 4.51. The zero-order valence-electron chi connectivity index (χ0n) is 16.9. The third kappa shape index (κ3) is 4.10. The Bertz CT molecular complexity index is 1120. The number of thiocarbonyl (C=S) groups is 1. The van der Waals surface area contributed by atoms with Crippen molar-refractivity contribution >= 4 is 57.7 Å². The van der Waals surface area contributed by atoms with Gasteiger partial charge in [-0.05, 0) is 38.5 Å². The Hall–Kier alpha value is -2.72. The monoisotopic (exact) mass is 446 g/mol. The molecule has 3 heterocycles. The summed E-state index contributed by atoms with van der Waals surface area (Å²) < 4.78 is 1.75. The second-order valence-corrected chi connectivity index (χ2v) is 8.36. The van der Waals surface area contributed by atoms with Crippen LogP contribution in [0.15, 0.2) is 28.0 Å². The second kappa shape index (κ2) is 8.97. The molecule has 1 saturated heterocycles. The Balaban J connectivity index is 2.15. The molecule has 10 heteroatoms. The Kier molecular flexibility index (Phi) is 6.57. The van der Waals surface area contributed by atoms with Crippen LogP contribution >= 0.6 is 24.0 Å². The fourth-order valence-electron chi connectivity index (χ4n) is 3.22. The van der Waals surface area contributed by atoms with Gasteiger partial charge in [-0.2, -0.15) is 0 Å². The molecular weight excluding hydrogens is 424 g/mol. The molecule has 1 aliphatic rings. The predicted octanol–water partition coefficient (Wildman–Crippen LogP) is 2.53. The molecule has 0 radical (unpaired) electrons. The van der Waals surface area contributed by atoms with E-state index in [1.165, 1.54) is 15.4 Å². The third-order valence-corrected chi connectivity index (χ3v) is 6.20. The molecule has 0 spiro atoms. The Morgan fingerprint density at radius 1 is 1.33 bits per heavy atom. The van der Waals surface area contributed by atoms with Gasteiger partial charge in [-0.1, -0.05) is 30.0 Å². The number of carboxylic acids is 1. The van der Waals surface area contributed by atoms with Crippen LogP contribution in [0.3, 0.4) is 0 Å². The highest BCUT2D eigenvalue weighted by Gasteiger charge is 2.33. The molecule has 8 nitrogen and oxygen atoms in total. The number of anilines is 1. The standard InChI is InChI=1S/C20H22N4O4S2/c1-4-22(5-2)17-13(18(27)23-9-6-7-12(3)16(23)21-17)11-14-19(28)24(20(29)30-14)10-8-15(25)26/h6-7,9,11H,4-5,8,10H2,1-3H3,(H,25,26)/b14-11-. The van der Waals surface area contributed by atoms with Gasteiger partial charge < -0.3 is 10.0 Å². The first-order valence-electron chi connectivity index (χ1n) is 9.52. The minimum atomic E-state index is -1.01. The molecule has 1 amide bonds. The van der Waals surface area contributed by atoms with Gasteiger partial charge in [-0.25, -0.2) is 4.98 Å². The van der Waals surface area contributed by atoms with Gasteiger partial charge in [0.25, 0.3) is 11.5 Å². The number of rotatable bonds is 7. The van der Waals surface area contributed by atoms with Crippen molar-refractivity contribution in [3.63, 3.8) is 0 Å². The van der Waals surface area contributed by atoms with Crippen molar-refractivity contribution in [1.29, 1.82) is 0 Å². The number of nitrogens with zero attached hydrogens (tertiary/aromatic N) is 4. The number of thioether (sulfide) groups is 1. The van der Waals surface area contributed by atoms with Gasteiger partial charge in [0.1, 0.15) is 15.8 Å². The molecular formula is C20H22N4O4S2. The number of amides is 1. The van der Waals surface area contributed by atoms with Crippen molar-refractivity contribution in [1.82, 2.24) is 14.3 Å². The number of aryl methyl sites for hydroxylation is 1. The van der Waals surface area contributed by atoms with E-state index >= 15 is 0 Å². The van der Waals surface area contributed by atoms with Gasteiger partial charge in [0.2, 0.25) is 0 Å². The summed E-state index contributed by atoms with van der Waals surface area (Å²) in [7, 11) is 0. The van der Waals surface area contributed by atoms with Gasteiger partial charge in [0, 0.05) is 25.8 Å². The number of fused-ring (bicyclic) bond motifs is 1. The lowest BCUT2D eigenvalue weighted by Gasteiger charge is -2.22. The van der Waals surface area contributed by atoms with Crippen LogP contribution in [0.5, 0.6) is 0 Å². The summed E-state index contributed by atoms with van der Waals surface area (Å²) in [6.07, 6.45) is 2.97. The molecule has 2 aromatic heterocycles. The van der Waals surface area contributed by atoms with E-state index in [2.05, 4.69) is 0 Å². The first-order valence-corrected chi connectivity index (χ1v) is 10.7. The molecule has 1 fully saturated rings. The number of hydrogen-bond acceptors (Lipinski definition) is 7. The number of aromatic nitrogens is 2. The van der Waals surface area contributed by atoms with Gasteiger partial charge in [0.15, 0.2) is 0 Å². The van der Waals surface area contributed by atoms with Crippen molar-refractivity contribution in [2.24, 2.45) is 0 Å². The van der Waals surface area contributed by atoms with Crippen LogP contribution in [0.2, 0.25) is 0 Å². The average Bonchev–Trinajstić information content (AvgIpc) is 2.97. The molecule has 0 aromatic carbocycles. The van der Waals surface area contributed by atoms with Crippen LogP contribution in [0.1, 0.15) is 31.4 Å². The van der Waals surface area contributed by atoms with E-state index in [1.807, 2.05) is 31.7 Å². The number of carbonyl (C=O) groups is 2. The van der Waals surface area contributed by atoms with Crippen LogP contribution in [-0.2, 0) is 9.59 Å². The normalized spacial score (nSPS) is 15.4. The Morgan fingerprint density at radius 3 is 2.67 bits per heavy atom. The van der Waals surface area contributed by atoms with Crippen LogP contribution in [0.4, 0.5) is 5.82 Å². The summed E-state index contributed by atoms with van der Waals surface area (Å²) >= 11 is 6.31. The zero-order chi connectivity index (χ0) is 22.0. The van der Waals surface area contributed by atoms with Crippen LogP contribution < -0.4 is 10.5 Å². The molecule has 1 N–H and O–H groups in total. The highest BCUT2D eigenvalue weighted by molar-refractivity contribution is 8.26. The average molecular weight is 447 g/mol. The zero-order valence-corrected chi connectivity index (χ0v) is 18.5. The summed E-state index contributed by atoms with van der Waals surface area (Å²) in [5, 5.41) is 8.90. The van der Waals surface area contributed by atoms with E-state index in [0.717, 1.165) is 17.3 Å². The molecule has 0 unspecified atom stereocenters. The van der Waals surface area contributed by atoms with Crippen LogP contribution in [-0.4, -0.2) is 55.2 Å². The second-order valence-electron chi connectivity index (χ2n) is 6.69. The maximum Gasteiger partial charge on any atom is 0.305 e. The number of aliphatic carboxylic acids is 1. The SMILES string of the molecule is CCN(CC)c1nc2c(C)cccn2c(=O)c1/C=C1\SC(=S)N(CCC(=O)O)C1=O. The largest absolute Gasteiger partial charge is 0.481 e. The minimum absolute atomic E-state index is 0.00557. The topological polar surface area (TPSA) is 95.2 Å². The van der Waals surface area contributed by atoms with Crippen LogP contribution in [0, 0.1) is 6.92 Å². The lowest BCUT2D eigenvalue weighted by atomic mass is 10.2. The highest BCUT2D eigenvalue weighted by Crippen LogP contribution is 2.33. The molecule has 30 heavy (non-hydrogen) atoms. The van der Waals surface area contributed by atoms with Gasteiger partial charge in [-0.15, -0.1) is 0 Å². The fraction of sp³-hybridized carbons (Fsp3) is 0.350. The number of carboxylic acid groups (broad SMARTS) is 1. The van der Waals surface area contributed by atoms with Crippen molar-refractivity contribution in [3.8, 4) is 0 Å². The summed E-state index contributed by atoms with van der Waals surface area (Å²) in [5.74, 6) is -0.898. The highest BCUT2D eigenvalue weighted by atomic mass is 32.2. The Morgan fingerprint density at radius 2 is 2.03 bits per heavy atom. The van der Waals surface area contributed by atoms with E-state index in [0.29, 0.717) is 30.1 Å². The van der Waals surface area contributed by atoms with E-state index in [-0.39, 0.29) is 27.8 Å². The third-order valence-electron chi connectivity index (χ3n) is 4.83. The van der Waals surface area contributed by atoms with Crippen LogP contribution in [0.25, 0.3) is 11.7 Å². The molecule has 0 atom stereocenters. The number of carbonyl (C=O) groups excluding carboxylic acids is 1. The lowest BCUT2D eigenvalue weighted by Crippen LogP contribution is -2.31. The van der Waals surface area contributed by atoms with E-state index < -0.39 is 11.9 Å². The van der Waals surface area contributed by atoms with E-state index in [9.17, 15) is 14.4 Å². The van der Waals surface area contributed by atoms with Gasteiger partial charge >= 0.3 is 5.97 Å². The molecule has 1 aliphatic heterocycles. The van der Waals surface area contributed by atoms with Gasteiger partial charge in [0.05, 0.1) is 16.9 Å². The lowest BCUT2D eigenvalue weighted by molar-refractivity contribution is -0.137. The first kappa shape index (κ1) is 22.0. The molecule has 3 rings (SSSR count). The quantitative estimate of drug-likeness (QED) is 0.512. The van der Waals surface area contributed by atoms with E-state index in [1.54, 1.807) is 12.3 Å². The predicted molar refractivity (Wildman–Crippen MR) is 122 cm³/mol. The Labute approximate surface area is 183 Å². The maximum atomic E-state index is 13.3. The molecule has 2 aromatic rings. The molecule has 0 bridgehead atoms. The summed E-state index contributed by atoms with van der Waals surface area (Å²) in [4.78, 5) is 45.2. The summed E-state index contributed by atoms with van der Waals surface area (Å²) in [6, 6.07) is 3.67. The minimum Gasteiger partial charge on any atom is -0.481 e. The summed E-state index contributed by atoms with van der Waals surface area (Å²) in [6.45, 7) is 7.12. The van der Waals surface area contributed by atoms with Gasteiger partial charge in [-0.3, -0.25) is 23.7 Å². The van der Waals surface area contributed by atoms with Crippen molar-refractivity contribution in [2.75, 3.05) is 24.5 Å². The van der Waals surface area contributed by atoms with Crippen molar-refractivity contribution in [2.45, 2.75) is 27.2 Å². The summed E-state index contributed by atoms with van der Waals surface area (Å²) in [5.41, 5.74) is 1.46. The molecule has 0 saturated carbocycles. The van der Waals surface area contributed by atoms with E-state index in [4.69, 9.17) is 22.3 Å². The molecule has 0 aliphatic carbocycles. The van der Waals surface area contributed by atoms with Crippen molar-refractivity contribution < 1.29 is 14.7 Å². The number of pyridine rings is 1. The number of hydrogen-bond donors (Lipinski definition) is 1.